The average Bonchev–Trinajstić information content (AvgIpc) is 2.66. The Morgan fingerprint density at radius 2 is 1.75 bits per heavy atom. The number of alkyl carbamates (subject to hydrolysis) is 1. The zero-order valence-electron chi connectivity index (χ0n) is 19.5. The van der Waals surface area contributed by atoms with Crippen LogP contribution in [0.4, 0.5) is 4.79 Å². The first kappa shape index (κ1) is 27.2. The van der Waals surface area contributed by atoms with Gasteiger partial charge in [0.05, 0.1) is 13.2 Å². The first-order valence-electron chi connectivity index (χ1n) is 10.4. The van der Waals surface area contributed by atoms with Gasteiger partial charge < -0.3 is 35.6 Å². The number of phenols is 1. The summed E-state index contributed by atoms with van der Waals surface area (Å²) in [6, 6.07) is 1.76. The Hall–Kier alpha value is -2.85. The van der Waals surface area contributed by atoms with Gasteiger partial charge in [-0.15, -0.1) is 0 Å². The average molecular weight is 454 g/mol. The van der Waals surface area contributed by atoms with Crippen molar-refractivity contribution in [2.24, 2.45) is 0 Å². The van der Waals surface area contributed by atoms with Crippen LogP contribution in [0.2, 0.25) is 0 Å². The smallest absolute Gasteiger partial charge is 0.408 e. The SMILES string of the molecule is Cc1cccc(C(C(=O)NC(C)C)N(CCO)C(=O)C(CO)NC(=O)OC(C)(C)C)c1O. The summed E-state index contributed by atoms with van der Waals surface area (Å²) in [5.74, 6) is -1.58. The van der Waals surface area contributed by atoms with Crippen LogP contribution in [0.15, 0.2) is 18.2 Å². The number of carbonyl (C=O) groups is 3. The van der Waals surface area contributed by atoms with Crippen molar-refractivity contribution in [3.8, 4) is 5.75 Å². The highest BCUT2D eigenvalue weighted by Gasteiger charge is 2.37. The third-order valence-electron chi connectivity index (χ3n) is 4.35. The van der Waals surface area contributed by atoms with Gasteiger partial charge in [-0.25, -0.2) is 4.79 Å². The summed E-state index contributed by atoms with van der Waals surface area (Å²) in [5.41, 5.74) is -0.184. The number of nitrogens with one attached hydrogen (secondary N) is 2. The van der Waals surface area contributed by atoms with E-state index in [1.165, 1.54) is 6.07 Å². The van der Waals surface area contributed by atoms with Crippen molar-refractivity contribution in [1.29, 1.82) is 0 Å². The molecular formula is C22H35N3O7. The highest BCUT2D eigenvalue weighted by atomic mass is 16.6. The lowest BCUT2D eigenvalue weighted by atomic mass is 9.99. The van der Waals surface area contributed by atoms with E-state index in [9.17, 15) is 29.7 Å². The molecule has 10 nitrogen and oxygen atoms in total. The van der Waals surface area contributed by atoms with Gasteiger partial charge in [-0.2, -0.15) is 0 Å². The second-order valence-electron chi connectivity index (χ2n) is 8.72. The number of aliphatic hydroxyl groups excluding tert-OH is 2. The molecule has 1 aromatic rings. The van der Waals surface area contributed by atoms with E-state index < -0.39 is 48.8 Å². The molecule has 2 unspecified atom stereocenters. The Morgan fingerprint density at radius 1 is 1.12 bits per heavy atom. The fourth-order valence-corrected chi connectivity index (χ4v) is 3.03. The van der Waals surface area contributed by atoms with E-state index in [-0.39, 0.29) is 23.9 Å². The van der Waals surface area contributed by atoms with Crippen LogP contribution < -0.4 is 10.6 Å². The van der Waals surface area contributed by atoms with Crippen molar-refractivity contribution in [1.82, 2.24) is 15.5 Å². The van der Waals surface area contributed by atoms with Gasteiger partial charge in [0.25, 0.3) is 0 Å². The van der Waals surface area contributed by atoms with Gasteiger partial charge >= 0.3 is 6.09 Å². The van der Waals surface area contributed by atoms with Crippen LogP contribution in [0.3, 0.4) is 0 Å². The van der Waals surface area contributed by atoms with Crippen LogP contribution >= 0.6 is 0 Å². The number of phenolic OH excluding ortho intramolecular Hbond substituents is 1. The number of aromatic hydroxyl groups is 1. The third kappa shape index (κ3) is 7.69. The van der Waals surface area contributed by atoms with Crippen LogP contribution in [-0.4, -0.2) is 75.6 Å². The summed E-state index contributed by atoms with van der Waals surface area (Å²) in [6.07, 6.45) is -0.921. The number of carbonyl (C=O) groups excluding carboxylic acids is 3. The normalized spacial score (nSPS) is 13.3. The minimum atomic E-state index is -1.43. The second kappa shape index (κ2) is 11.7. The topological polar surface area (TPSA) is 148 Å². The van der Waals surface area contributed by atoms with Gasteiger partial charge in [0, 0.05) is 18.2 Å². The molecule has 0 aromatic heterocycles. The fourth-order valence-electron chi connectivity index (χ4n) is 3.03. The lowest BCUT2D eigenvalue weighted by Gasteiger charge is -2.34. The minimum absolute atomic E-state index is 0.152. The van der Waals surface area contributed by atoms with Crippen LogP contribution in [0.25, 0.3) is 0 Å². The quantitative estimate of drug-likeness (QED) is 0.374. The summed E-state index contributed by atoms with van der Waals surface area (Å²) in [7, 11) is 0. The summed E-state index contributed by atoms with van der Waals surface area (Å²) >= 11 is 0. The number of benzene rings is 1. The summed E-state index contributed by atoms with van der Waals surface area (Å²) in [6.45, 7) is 8.53. The summed E-state index contributed by atoms with van der Waals surface area (Å²) < 4.78 is 5.14. The van der Waals surface area contributed by atoms with E-state index in [4.69, 9.17) is 4.74 Å². The Bertz CT molecular complexity index is 805. The maximum Gasteiger partial charge on any atom is 0.408 e. The number of amides is 3. The van der Waals surface area contributed by atoms with E-state index in [0.29, 0.717) is 5.56 Å². The number of para-hydroxylation sites is 1. The molecule has 2 atom stereocenters. The number of aliphatic hydroxyl groups is 2. The zero-order chi connectivity index (χ0) is 24.6. The predicted molar refractivity (Wildman–Crippen MR) is 118 cm³/mol. The van der Waals surface area contributed by atoms with Crippen molar-refractivity contribution in [2.45, 2.75) is 65.3 Å². The monoisotopic (exact) mass is 453 g/mol. The van der Waals surface area contributed by atoms with E-state index in [0.717, 1.165) is 4.90 Å². The first-order valence-corrected chi connectivity index (χ1v) is 10.4. The molecule has 180 valence electrons. The number of hydrogen-bond donors (Lipinski definition) is 5. The lowest BCUT2D eigenvalue weighted by Crippen LogP contribution is -2.55. The van der Waals surface area contributed by atoms with Crippen molar-refractivity contribution in [3.63, 3.8) is 0 Å². The molecule has 0 heterocycles. The maximum absolute atomic E-state index is 13.3. The zero-order valence-corrected chi connectivity index (χ0v) is 19.5. The van der Waals surface area contributed by atoms with Gasteiger partial charge in [0.2, 0.25) is 11.8 Å². The van der Waals surface area contributed by atoms with Crippen LogP contribution in [0, 0.1) is 6.92 Å². The molecule has 0 radical (unpaired) electrons. The fraction of sp³-hybridized carbons (Fsp3) is 0.591. The van der Waals surface area contributed by atoms with Crippen molar-refractivity contribution in [3.05, 3.63) is 29.3 Å². The first-order chi connectivity index (χ1) is 14.8. The molecule has 0 saturated carbocycles. The molecule has 5 N–H and O–H groups in total. The molecule has 0 aliphatic heterocycles. The Balaban J connectivity index is 3.39. The second-order valence-corrected chi connectivity index (χ2v) is 8.72. The highest BCUT2D eigenvalue weighted by Crippen LogP contribution is 2.32. The molecule has 1 rings (SSSR count). The van der Waals surface area contributed by atoms with Gasteiger partial charge in [-0.1, -0.05) is 18.2 Å². The highest BCUT2D eigenvalue weighted by molar-refractivity contribution is 5.92. The Morgan fingerprint density at radius 3 is 2.25 bits per heavy atom. The largest absolute Gasteiger partial charge is 0.507 e. The number of rotatable bonds is 9. The Labute approximate surface area is 188 Å². The molecule has 0 spiro atoms. The standard InChI is InChI=1S/C22H35N3O7/c1-13(2)23-19(29)17(15-9-7-8-14(3)18(15)28)25(10-11-26)20(30)16(12-27)24-21(31)32-22(4,5)6/h7-9,13,16-17,26-28H,10-12H2,1-6H3,(H,23,29)(H,24,31). The van der Waals surface area contributed by atoms with Gasteiger partial charge in [-0.05, 0) is 47.1 Å². The molecule has 0 saturated heterocycles. The number of nitrogens with zero attached hydrogens (tertiary/aromatic N) is 1. The van der Waals surface area contributed by atoms with E-state index in [1.54, 1.807) is 53.7 Å². The summed E-state index contributed by atoms with van der Waals surface area (Å²) in [5, 5.41) is 35.0. The number of hydrogen-bond acceptors (Lipinski definition) is 7. The van der Waals surface area contributed by atoms with E-state index >= 15 is 0 Å². The molecule has 0 aliphatic carbocycles. The van der Waals surface area contributed by atoms with Crippen LogP contribution in [0.5, 0.6) is 5.75 Å². The maximum atomic E-state index is 13.3. The summed E-state index contributed by atoms with van der Waals surface area (Å²) in [4.78, 5) is 39.5. The third-order valence-corrected chi connectivity index (χ3v) is 4.35. The van der Waals surface area contributed by atoms with Crippen molar-refractivity contribution >= 4 is 17.9 Å². The minimum Gasteiger partial charge on any atom is -0.507 e. The van der Waals surface area contributed by atoms with Crippen LogP contribution in [0.1, 0.15) is 51.8 Å². The molecule has 0 fully saturated rings. The van der Waals surface area contributed by atoms with Gasteiger partial charge in [-0.3, -0.25) is 9.59 Å². The molecule has 1 aromatic carbocycles. The number of aryl methyl sites for hydroxylation is 1. The molecule has 32 heavy (non-hydrogen) atoms. The molecule has 0 bridgehead atoms. The van der Waals surface area contributed by atoms with E-state index in [1.807, 2.05) is 0 Å². The molecule has 0 aliphatic rings. The van der Waals surface area contributed by atoms with Gasteiger partial charge in [0.15, 0.2) is 0 Å². The number of ether oxygens (including phenoxy) is 1. The van der Waals surface area contributed by atoms with E-state index in [2.05, 4.69) is 10.6 Å². The molecule has 10 heteroatoms. The van der Waals surface area contributed by atoms with Gasteiger partial charge in [0.1, 0.15) is 23.4 Å². The Kier molecular flexibility index (Phi) is 9.92. The predicted octanol–water partition coefficient (Wildman–Crippen LogP) is 0.973. The van der Waals surface area contributed by atoms with Crippen LogP contribution in [-0.2, 0) is 14.3 Å². The molecular weight excluding hydrogens is 418 g/mol. The van der Waals surface area contributed by atoms with Crippen molar-refractivity contribution < 1.29 is 34.4 Å². The molecule has 3 amide bonds. The lowest BCUT2D eigenvalue weighted by molar-refractivity contribution is -0.144. The van der Waals surface area contributed by atoms with Crippen molar-refractivity contribution in [2.75, 3.05) is 19.8 Å².